The minimum Gasteiger partial charge on any atom is -0.272 e. The van der Waals surface area contributed by atoms with Crippen molar-refractivity contribution in [3.8, 4) is 11.4 Å². The molecule has 3 aromatic rings. The summed E-state index contributed by atoms with van der Waals surface area (Å²) >= 11 is 13.1. The van der Waals surface area contributed by atoms with Crippen LogP contribution in [0.1, 0.15) is 10.4 Å². The summed E-state index contributed by atoms with van der Waals surface area (Å²) in [5.74, 6) is -0.288. The second-order valence-corrected chi connectivity index (χ2v) is 7.03. The predicted octanol–water partition coefficient (Wildman–Crippen LogP) is 3.33. The molecule has 10 heteroatoms. The van der Waals surface area contributed by atoms with E-state index in [4.69, 9.17) is 23.2 Å². The molecule has 0 saturated carbocycles. The second-order valence-electron chi connectivity index (χ2n) is 5.25. The van der Waals surface area contributed by atoms with Gasteiger partial charge < -0.3 is 0 Å². The van der Waals surface area contributed by atoms with Crippen LogP contribution in [0.3, 0.4) is 0 Å². The summed E-state index contributed by atoms with van der Waals surface area (Å²) in [5.41, 5.74) is 5.79. The number of aromatic nitrogens is 3. The molecule has 3 rings (SSSR count). The number of thioether (sulfide) groups is 1. The number of nitrogens with zero attached hydrogens (tertiary/aromatic N) is 2. The van der Waals surface area contributed by atoms with Gasteiger partial charge in [0.05, 0.1) is 10.8 Å². The first-order valence-corrected chi connectivity index (χ1v) is 9.42. The van der Waals surface area contributed by atoms with Gasteiger partial charge in [0.1, 0.15) is 0 Å². The van der Waals surface area contributed by atoms with Gasteiger partial charge in [0, 0.05) is 16.1 Å². The number of amides is 2. The van der Waals surface area contributed by atoms with Crippen molar-refractivity contribution in [3.63, 3.8) is 0 Å². The predicted molar refractivity (Wildman–Crippen MR) is 105 cm³/mol. The molecule has 0 aliphatic heterocycles. The lowest BCUT2D eigenvalue weighted by Gasteiger charge is -2.06. The Morgan fingerprint density at radius 1 is 1.07 bits per heavy atom. The monoisotopic (exact) mass is 421 g/mol. The molecule has 27 heavy (non-hydrogen) atoms. The maximum absolute atomic E-state index is 11.9. The lowest BCUT2D eigenvalue weighted by atomic mass is 10.2. The molecule has 2 amide bonds. The van der Waals surface area contributed by atoms with Gasteiger partial charge in [-0.05, 0) is 30.3 Å². The number of aromatic amines is 1. The van der Waals surface area contributed by atoms with E-state index in [1.165, 1.54) is 0 Å². The topological polar surface area (TPSA) is 99.8 Å². The number of H-pyrrole nitrogens is 1. The van der Waals surface area contributed by atoms with Crippen LogP contribution in [0.15, 0.2) is 53.7 Å². The molecule has 1 heterocycles. The van der Waals surface area contributed by atoms with Crippen molar-refractivity contribution >= 4 is 46.8 Å². The van der Waals surface area contributed by atoms with Gasteiger partial charge in [-0.2, -0.15) is 0 Å². The highest BCUT2D eigenvalue weighted by molar-refractivity contribution is 7.99. The zero-order valence-electron chi connectivity index (χ0n) is 13.7. The van der Waals surface area contributed by atoms with Crippen LogP contribution in [0.25, 0.3) is 11.4 Å². The van der Waals surface area contributed by atoms with Crippen LogP contribution < -0.4 is 10.9 Å². The van der Waals surface area contributed by atoms with Gasteiger partial charge in [-0.25, -0.2) is 4.98 Å². The lowest BCUT2D eigenvalue weighted by molar-refractivity contribution is -0.119. The van der Waals surface area contributed by atoms with E-state index in [0.717, 1.165) is 11.8 Å². The first-order valence-electron chi connectivity index (χ1n) is 7.68. The molecule has 0 bridgehead atoms. The number of benzene rings is 2. The number of carbonyl (C=O) groups is 2. The molecule has 0 atom stereocenters. The Bertz CT molecular complexity index is 965. The Labute approximate surface area is 168 Å². The van der Waals surface area contributed by atoms with E-state index >= 15 is 0 Å². The third-order valence-electron chi connectivity index (χ3n) is 3.33. The molecule has 0 aliphatic carbocycles. The van der Waals surface area contributed by atoms with Crippen molar-refractivity contribution in [2.45, 2.75) is 5.16 Å². The number of hydrogen-bond donors (Lipinski definition) is 3. The maximum atomic E-state index is 11.9. The van der Waals surface area contributed by atoms with Crippen molar-refractivity contribution < 1.29 is 9.59 Å². The van der Waals surface area contributed by atoms with E-state index in [9.17, 15) is 9.59 Å². The number of nitrogens with one attached hydrogen (secondary N) is 3. The molecule has 0 fully saturated rings. The quantitative estimate of drug-likeness (QED) is 0.433. The first-order chi connectivity index (χ1) is 13.0. The molecule has 0 radical (unpaired) electrons. The summed E-state index contributed by atoms with van der Waals surface area (Å²) < 4.78 is 0. The van der Waals surface area contributed by atoms with Crippen molar-refractivity contribution in [2.75, 3.05) is 5.75 Å². The minimum absolute atomic E-state index is 0.0285. The van der Waals surface area contributed by atoms with Crippen LogP contribution in [0.2, 0.25) is 10.0 Å². The largest absolute Gasteiger partial charge is 0.272 e. The fourth-order valence-corrected chi connectivity index (χ4v) is 3.16. The summed E-state index contributed by atoms with van der Waals surface area (Å²) in [5, 5.41) is 8.14. The van der Waals surface area contributed by atoms with Crippen LogP contribution >= 0.6 is 35.0 Å². The fraction of sp³-hybridized carbons (Fsp3) is 0.0588. The smallest absolute Gasteiger partial charge is 0.269 e. The van der Waals surface area contributed by atoms with Crippen molar-refractivity contribution in [1.29, 1.82) is 0 Å². The van der Waals surface area contributed by atoms with Crippen LogP contribution in [-0.2, 0) is 4.79 Å². The highest BCUT2D eigenvalue weighted by atomic mass is 35.5. The molecule has 0 unspecified atom stereocenters. The number of halogens is 2. The van der Waals surface area contributed by atoms with E-state index in [0.29, 0.717) is 32.2 Å². The average Bonchev–Trinajstić information content (AvgIpc) is 3.14. The average molecular weight is 422 g/mol. The summed E-state index contributed by atoms with van der Waals surface area (Å²) in [6.07, 6.45) is 0. The molecule has 138 valence electrons. The molecule has 0 saturated heterocycles. The molecular weight excluding hydrogens is 409 g/mol. The van der Waals surface area contributed by atoms with Gasteiger partial charge in [-0.15, -0.1) is 5.10 Å². The first kappa shape index (κ1) is 19.2. The Morgan fingerprint density at radius 3 is 2.59 bits per heavy atom. The number of hydrazine groups is 1. The number of hydrogen-bond acceptors (Lipinski definition) is 5. The van der Waals surface area contributed by atoms with Crippen LogP contribution in [0, 0.1) is 0 Å². The van der Waals surface area contributed by atoms with E-state index in [-0.39, 0.29) is 11.7 Å². The standard InChI is InChI=1S/C17H13Cl2N5O2S/c18-11-6-7-12(13(19)8-11)15-20-17(24-22-15)27-9-14(25)21-23-16(26)10-4-2-1-3-5-10/h1-8H,9H2,(H,21,25)(H,23,26)(H,20,22,24). The Kier molecular flexibility index (Phi) is 6.33. The third-order valence-corrected chi connectivity index (χ3v) is 4.73. The van der Waals surface area contributed by atoms with Gasteiger partial charge in [0.2, 0.25) is 11.1 Å². The molecule has 2 aromatic carbocycles. The van der Waals surface area contributed by atoms with Gasteiger partial charge in [-0.1, -0.05) is 53.2 Å². The van der Waals surface area contributed by atoms with Gasteiger partial charge >= 0.3 is 0 Å². The Balaban J connectivity index is 1.51. The van der Waals surface area contributed by atoms with Gasteiger partial charge in [-0.3, -0.25) is 25.5 Å². The highest BCUT2D eigenvalue weighted by Crippen LogP contribution is 2.28. The zero-order chi connectivity index (χ0) is 19.2. The van der Waals surface area contributed by atoms with Crippen LogP contribution in [0.5, 0.6) is 0 Å². The van der Waals surface area contributed by atoms with Crippen LogP contribution in [0.4, 0.5) is 0 Å². The van der Waals surface area contributed by atoms with Crippen molar-refractivity contribution in [2.24, 2.45) is 0 Å². The number of rotatable bonds is 5. The molecule has 7 nitrogen and oxygen atoms in total. The van der Waals surface area contributed by atoms with E-state index in [2.05, 4.69) is 26.0 Å². The van der Waals surface area contributed by atoms with E-state index in [1.807, 2.05) is 0 Å². The Hall–Kier alpha value is -2.55. The summed E-state index contributed by atoms with van der Waals surface area (Å²) in [7, 11) is 0. The molecule has 1 aromatic heterocycles. The van der Waals surface area contributed by atoms with E-state index < -0.39 is 5.91 Å². The zero-order valence-corrected chi connectivity index (χ0v) is 16.0. The second kappa shape index (κ2) is 8.90. The summed E-state index contributed by atoms with van der Waals surface area (Å²) in [4.78, 5) is 28.0. The van der Waals surface area contributed by atoms with Crippen molar-refractivity contribution in [1.82, 2.24) is 26.0 Å². The molecule has 3 N–H and O–H groups in total. The molecular formula is C17H13Cl2N5O2S. The van der Waals surface area contributed by atoms with Crippen molar-refractivity contribution in [3.05, 3.63) is 64.1 Å². The Morgan fingerprint density at radius 2 is 1.85 bits per heavy atom. The van der Waals surface area contributed by atoms with E-state index in [1.54, 1.807) is 48.5 Å². The maximum Gasteiger partial charge on any atom is 0.269 e. The van der Waals surface area contributed by atoms with Crippen LogP contribution in [-0.4, -0.2) is 32.7 Å². The minimum atomic E-state index is -0.397. The normalized spacial score (nSPS) is 10.4. The highest BCUT2D eigenvalue weighted by Gasteiger charge is 2.12. The van der Waals surface area contributed by atoms with Gasteiger partial charge in [0.15, 0.2) is 5.82 Å². The third kappa shape index (κ3) is 5.22. The van der Waals surface area contributed by atoms with Gasteiger partial charge in [0.25, 0.3) is 5.91 Å². The fourth-order valence-electron chi connectivity index (χ4n) is 2.07. The number of carbonyl (C=O) groups excluding carboxylic acids is 2. The summed E-state index contributed by atoms with van der Waals surface area (Å²) in [6, 6.07) is 13.6. The SMILES string of the molecule is O=C(CSc1n[nH]c(-c2ccc(Cl)cc2Cl)n1)NNC(=O)c1ccccc1. The summed E-state index contributed by atoms with van der Waals surface area (Å²) in [6.45, 7) is 0. The molecule has 0 spiro atoms. The lowest BCUT2D eigenvalue weighted by Crippen LogP contribution is -2.42. The molecule has 0 aliphatic rings.